The lowest BCUT2D eigenvalue weighted by Gasteiger charge is -2.18. The number of aliphatic hydroxyl groups is 2. The lowest BCUT2D eigenvalue weighted by molar-refractivity contribution is 0.0151. The number of halogens is 1. The zero-order valence-corrected chi connectivity index (χ0v) is 11.0. The molecule has 0 aliphatic heterocycles. The molecule has 2 unspecified atom stereocenters. The third kappa shape index (κ3) is 3.66. The molecule has 5 nitrogen and oxygen atoms in total. The highest BCUT2D eigenvalue weighted by atomic mass is 32.2. The Morgan fingerprint density at radius 3 is 2.44 bits per heavy atom. The van der Waals surface area contributed by atoms with E-state index in [1.165, 1.54) is 0 Å². The monoisotopic (exact) mass is 295 g/mol. The summed E-state index contributed by atoms with van der Waals surface area (Å²) in [6.45, 7) is 0. The van der Waals surface area contributed by atoms with Gasteiger partial charge in [0, 0.05) is 5.56 Å². The Morgan fingerprint density at radius 1 is 1.39 bits per heavy atom. The van der Waals surface area contributed by atoms with Crippen molar-refractivity contribution in [3.63, 3.8) is 0 Å². The van der Waals surface area contributed by atoms with Crippen LogP contribution in [0.2, 0.25) is 0 Å². The standard InChI is InChI=1S/C10H14FNO4S2/c11-8-5-6(18(12,15)16)1-2-7(8)10(14)9(13)3-4-17/h1-2,5,9-10,13-14,17H,3-4H2,(H2,12,15,16). The number of rotatable bonds is 5. The minimum absolute atomic E-state index is 0.181. The van der Waals surface area contributed by atoms with Crippen LogP contribution in [-0.2, 0) is 10.0 Å². The van der Waals surface area contributed by atoms with Crippen LogP contribution in [0.1, 0.15) is 18.1 Å². The number of hydrogen-bond donors (Lipinski definition) is 4. The predicted molar refractivity (Wildman–Crippen MR) is 67.2 cm³/mol. The molecule has 1 rings (SSSR count). The number of benzene rings is 1. The van der Waals surface area contributed by atoms with Gasteiger partial charge in [-0.2, -0.15) is 12.6 Å². The third-order valence-corrected chi connectivity index (χ3v) is 3.58. The first-order valence-electron chi connectivity index (χ1n) is 5.06. The van der Waals surface area contributed by atoms with E-state index in [-0.39, 0.29) is 16.9 Å². The van der Waals surface area contributed by atoms with E-state index in [0.29, 0.717) is 11.8 Å². The van der Waals surface area contributed by atoms with Gasteiger partial charge in [-0.05, 0) is 24.3 Å². The summed E-state index contributed by atoms with van der Waals surface area (Å²) in [6, 6.07) is 2.87. The molecule has 0 spiro atoms. The van der Waals surface area contributed by atoms with E-state index in [1.807, 2.05) is 0 Å². The molecule has 18 heavy (non-hydrogen) atoms. The maximum atomic E-state index is 13.6. The highest BCUT2D eigenvalue weighted by Gasteiger charge is 2.22. The Bertz CT molecular complexity index is 521. The van der Waals surface area contributed by atoms with Crippen LogP contribution >= 0.6 is 12.6 Å². The van der Waals surface area contributed by atoms with Gasteiger partial charge < -0.3 is 10.2 Å². The summed E-state index contributed by atoms with van der Waals surface area (Å²) in [7, 11) is -3.99. The second-order valence-electron chi connectivity index (χ2n) is 3.75. The van der Waals surface area contributed by atoms with E-state index in [9.17, 15) is 23.0 Å². The van der Waals surface area contributed by atoms with Crippen molar-refractivity contribution in [1.29, 1.82) is 0 Å². The van der Waals surface area contributed by atoms with Crippen LogP contribution in [0.5, 0.6) is 0 Å². The largest absolute Gasteiger partial charge is 0.390 e. The van der Waals surface area contributed by atoms with Crippen molar-refractivity contribution in [3.05, 3.63) is 29.6 Å². The summed E-state index contributed by atoms with van der Waals surface area (Å²) in [5.74, 6) is -0.609. The number of thiol groups is 1. The first kappa shape index (κ1) is 15.4. The number of primary sulfonamides is 1. The Hall–Kier alpha value is -0.670. The van der Waals surface area contributed by atoms with Crippen molar-refractivity contribution in [2.24, 2.45) is 5.14 Å². The normalized spacial score (nSPS) is 15.4. The first-order chi connectivity index (χ1) is 8.27. The Morgan fingerprint density at radius 2 is 2.00 bits per heavy atom. The molecule has 1 aromatic carbocycles. The van der Waals surface area contributed by atoms with Crippen molar-refractivity contribution < 1.29 is 23.0 Å². The molecule has 2 atom stereocenters. The van der Waals surface area contributed by atoms with Crippen LogP contribution in [-0.4, -0.2) is 30.5 Å². The molecule has 4 N–H and O–H groups in total. The fraction of sp³-hybridized carbons (Fsp3) is 0.400. The van der Waals surface area contributed by atoms with Gasteiger partial charge >= 0.3 is 0 Å². The van der Waals surface area contributed by atoms with Gasteiger partial charge in [0.15, 0.2) is 0 Å². The second-order valence-corrected chi connectivity index (χ2v) is 5.76. The van der Waals surface area contributed by atoms with Crippen LogP contribution in [0.4, 0.5) is 4.39 Å². The molecule has 0 aliphatic rings. The molecule has 102 valence electrons. The molecule has 8 heteroatoms. The molecule has 0 fully saturated rings. The van der Waals surface area contributed by atoms with Gasteiger partial charge in [0.25, 0.3) is 0 Å². The van der Waals surface area contributed by atoms with Crippen LogP contribution < -0.4 is 5.14 Å². The van der Waals surface area contributed by atoms with Crippen molar-refractivity contribution in [3.8, 4) is 0 Å². The Labute approximate surface area is 110 Å². The topological polar surface area (TPSA) is 101 Å². The molecule has 0 aromatic heterocycles. The summed E-state index contributed by atoms with van der Waals surface area (Å²) >= 11 is 3.89. The molecule has 0 aliphatic carbocycles. The van der Waals surface area contributed by atoms with Crippen LogP contribution in [0.15, 0.2) is 23.1 Å². The maximum Gasteiger partial charge on any atom is 0.238 e. The highest BCUT2D eigenvalue weighted by Crippen LogP contribution is 2.24. The van der Waals surface area contributed by atoms with Gasteiger partial charge in [-0.3, -0.25) is 0 Å². The number of sulfonamides is 1. The number of nitrogens with two attached hydrogens (primary N) is 1. The van der Waals surface area contributed by atoms with E-state index in [4.69, 9.17) is 5.14 Å². The van der Waals surface area contributed by atoms with Gasteiger partial charge in [-0.1, -0.05) is 6.07 Å². The molecule has 0 bridgehead atoms. The number of hydrogen-bond acceptors (Lipinski definition) is 5. The molecule has 1 aromatic rings. The molecular weight excluding hydrogens is 281 g/mol. The van der Waals surface area contributed by atoms with Gasteiger partial charge in [0.05, 0.1) is 11.0 Å². The minimum Gasteiger partial charge on any atom is -0.390 e. The van der Waals surface area contributed by atoms with Gasteiger partial charge in [-0.15, -0.1) is 0 Å². The second kappa shape index (κ2) is 5.98. The summed E-state index contributed by atoms with van der Waals surface area (Å²) < 4.78 is 35.6. The maximum absolute atomic E-state index is 13.6. The van der Waals surface area contributed by atoms with Crippen LogP contribution in [0.3, 0.4) is 0 Å². The van der Waals surface area contributed by atoms with Crippen LogP contribution in [0, 0.1) is 5.82 Å². The summed E-state index contributed by atoms with van der Waals surface area (Å²) in [5, 5.41) is 24.0. The fourth-order valence-electron chi connectivity index (χ4n) is 1.42. The van der Waals surface area contributed by atoms with Crippen molar-refractivity contribution in [2.75, 3.05) is 5.75 Å². The van der Waals surface area contributed by atoms with Crippen molar-refractivity contribution in [2.45, 2.75) is 23.5 Å². The zero-order chi connectivity index (χ0) is 13.9. The van der Waals surface area contributed by atoms with Crippen molar-refractivity contribution >= 4 is 22.7 Å². The van der Waals surface area contributed by atoms with E-state index >= 15 is 0 Å². The van der Waals surface area contributed by atoms with Crippen molar-refractivity contribution in [1.82, 2.24) is 0 Å². The van der Waals surface area contributed by atoms with E-state index in [1.54, 1.807) is 0 Å². The zero-order valence-electron chi connectivity index (χ0n) is 9.32. The lowest BCUT2D eigenvalue weighted by Crippen LogP contribution is -2.20. The summed E-state index contributed by atoms with van der Waals surface area (Å²) in [6.07, 6.45) is -2.43. The first-order valence-corrected chi connectivity index (χ1v) is 7.24. The summed E-state index contributed by atoms with van der Waals surface area (Å²) in [5.41, 5.74) is -0.184. The molecule has 0 saturated carbocycles. The average molecular weight is 295 g/mol. The highest BCUT2D eigenvalue weighted by molar-refractivity contribution is 7.89. The average Bonchev–Trinajstić information content (AvgIpc) is 2.27. The fourth-order valence-corrected chi connectivity index (χ4v) is 2.21. The SMILES string of the molecule is NS(=O)(=O)c1ccc(C(O)C(O)CCS)c(F)c1. The summed E-state index contributed by atoms with van der Waals surface area (Å²) in [4.78, 5) is -0.389. The minimum atomic E-state index is -3.99. The van der Waals surface area contributed by atoms with E-state index in [2.05, 4.69) is 12.6 Å². The Balaban J connectivity index is 3.06. The van der Waals surface area contributed by atoms with E-state index in [0.717, 1.165) is 12.1 Å². The quantitative estimate of drug-likeness (QED) is 0.582. The third-order valence-electron chi connectivity index (χ3n) is 2.41. The molecule has 0 saturated heterocycles. The number of aliphatic hydroxyl groups excluding tert-OH is 2. The Kier molecular flexibility index (Phi) is 5.11. The van der Waals surface area contributed by atoms with Crippen LogP contribution in [0.25, 0.3) is 0 Å². The van der Waals surface area contributed by atoms with Gasteiger partial charge in [0.1, 0.15) is 11.9 Å². The smallest absolute Gasteiger partial charge is 0.238 e. The van der Waals surface area contributed by atoms with Gasteiger partial charge in [0.2, 0.25) is 10.0 Å². The molecule has 0 amide bonds. The lowest BCUT2D eigenvalue weighted by atomic mass is 10.0. The molecule has 0 heterocycles. The van der Waals surface area contributed by atoms with E-state index < -0.39 is 28.0 Å². The molecular formula is C10H14FNO4S2. The molecule has 0 radical (unpaired) electrons. The predicted octanol–water partition coefficient (Wildman–Crippen LogP) is 0.187. The van der Waals surface area contributed by atoms with Gasteiger partial charge in [-0.25, -0.2) is 17.9 Å².